The number of sulfonamides is 1. The highest BCUT2D eigenvalue weighted by molar-refractivity contribution is 7.99. The highest BCUT2D eigenvalue weighted by atomic mass is 32.2. The lowest BCUT2D eigenvalue weighted by molar-refractivity contribution is -0.384. The van der Waals surface area contributed by atoms with E-state index in [9.17, 15) is 28.1 Å². The van der Waals surface area contributed by atoms with Crippen LogP contribution in [-0.2, 0) is 14.8 Å². The fourth-order valence-electron chi connectivity index (χ4n) is 4.35. The summed E-state index contributed by atoms with van der Waals surface area (Å²) in [7, 11) is -4.40. The summed E-state index contributed by atoms with van der Waals surface area (Å²) in [5, 5.41) is 14.7. The lowest BCUT2D eigenvalue weighted by Gasteiger charge is -2.29. The van der Waals surface area contributed by atoms with Gasteiger partial charge in [0, 0.05) is 41.9 Å². The number of nitrogens with zero attached hydrogens (tertiary/aromatic N) is 2. The summed E-state index contributed by atoms with van der Waals surface area (Å²) in [6.45, 7) is 6.72. The molecule has 0 radical (unpaired) electrons. The van der Waals surface area contributed by atoms with Crippen LogP contribution in [0.15, 0.2) is 88.7 Å². The van der Waals surface area contributed by atoms with Gasteiger partial charge in [-0.05, 0) is 74.7 Å². The van der Waals surface area contributed by atoms with E-state index >= 15 is 0 Å². The first kappa shape index (κ1) is 32.6. The van der Waals surface area contributed by atoms with Gasteiger partial charge in [-0.25, -0.2) is 17.9 Å². The maximum atomic E-state index is 13.0. The number of hydrogen-bond acceptors (Lipinski definition) is 9. The third kappa shape index (κ3) is 8.83. The van der Waals surface area contributed by atoms with Crippen molar-refractivity contribution in [1.29, 1.82) is 0 Å². The molecule has 0 atom stereocenters. The first-order chi connectivity index (χ1) is 20.8. The van der Waals surface area contributed by atoms with Crippen molar-refractivity contribution in [1.82, 2.24) is 9.62 Å². The number of anilines is 1. The van der Waals surface area contributed by atoms with Gasteiger partial charge in [0.2, 0.25) is 0 Å². The molecular weight excluding hydrogens is 604 g/mol. The Bertz CT molecular complexity index is 1650. The number of carbonyl (C=O) groups excluding carboxylic acids is 2. The maximum absolute atomic E-state index is 13.0. The molecule has 3 aromatic rings. The van der Waals surface area contributed by atoms with Gasteiger partial charge in [0.1, 0.15) is 11.3 Å². The molecule has 3 aromatic carbocycles. The summed E-state index contributed by atoms with van der Waals surface area (Å²) in [5.74, 6) is -0.231. The number of thioether (sulfide) groups is 1. The molecular formula is C31H34N4O7S2. The molecule has 1 aliphatic rings. The van der Waals surface area contributed by atoms with Gasteiger partial charge in [0.05, 0.1) is 9.82 Å². The van der Waals surface area contributed by atoms with Crippen molar-refractivity contribution >= 4 is 50.7 Å². The average Bonchev–Trinajstić information content (AvgIpc) is 2.99. The van der Waals surface area contributed by atoms with E-state index in [0.29, 0.717) is 31.8 Å². The zero-order valence-electron chi connectivity index (χ0n) is 24.6. The first-order valence-corrected chi connectivity index (χ1v) is 16.3. The zero-order valence-corrected chi connectivity index (χ0v) is 26.2. The van der Waals surface area contributed by atoms with Gasteiger partial charge in [-0.3, -0.25) is 14.9 Å². The second-order valence-electron chi connectivity index (χ2n) is 10.9. The van der Waals surface area contributed by atoms with Crippen LogP contribution in [0.1, 0.15) is 43.1 Å². The van der Waals surface area contributed by atoms with Crippen LogP contribution in [0.3, 0.4) is 0 Å². The molecule has 0 saturated carbocycles. The first-order valence-electron chi connectivity index (χ1n) is 13.9. The number of nitro groups is 1. The van der Waals surface area contributed by atoms with Crippen molar-refractivity contribution in [3.63, 3.8) is 0 Å². The number of nitro benzene ring substituents is 1. The van der Waals surface area contributed by atoms with E-state index in [-0.39, 0.29) is 17.3 Å². The third-order valence-electron chi connectivity index (χ3n) is 6.51. The minimum atomic E-state index is -4.40. The molecule has 0 aromatic heterocycles. The Morgan fingerprint density at radius 3 is 2.36 bits per heavy atom. The number of amides is 2. The lowest BCUT2D eigenvalue weighted by atomic mass is 9.98. The van der Waals surface area contributed by atoms with Gasteiger partial charge in [0.15, 0.2) is 0 Å². The molecule has 44 heavy (non-hydrogen) atoms. The minimum Gasteiger partial charge on any atom is -0.444 e. The maximum Gasteiger partial charge on any atom is 0.410 e. The second kappa shape index (κ2) is 14.0. The van der Waals surface area contributed by atoms with Gasteiger partial charge in [-0.1, -0.05) is 36.4 Å². The highest BCUT2D eigenvalue weighted by Crippen LogP contribution is 2.28. The van der Waals surface area contributed by atoms with Crippen molar-refractivity contribution in [3.05, 3.63) is 100 Å². The smallest absolute Gasteiger partial charge is 0.410 e. The summed E-state index contributed by atoms with van der Waals surface area (Å²) in [5.41, 5.74) is 1.12. The fraction of sp³-hybridized carbons (Fsp3) is 0.290. The Labute approximate surface area is 260 Å². The monoisotopic (exact) mass is 638 g/mol. The lowest BCUT2D eigenvalue weighted by Crippen LogP contribution is -2.39. The van der Waals surface area contributed by atoms with Crippen LogP contribution in [0, 0.1) is 10.1 Å². The number of hydrogen-bond donors (Lipinski definition) is 2. The topological polar surface area (TPSA) is 148 Å². The summed E-state index contributed by atoms with van der Waals surface area (Å²) < 4.78 is 33.4. The highest BCUT2D eigenvalue weighted by Gasteiger charge is 2.25. The molecule has 232 valence electrons. The molecule has 2 N–H and O–H groups in total. The Morgan fingerprint density at radius 1 is 1.05 bits per heavy atom. The fourth-order valence-corrected chi connectivity index (χ4v) is 6.13. The molecule has 11 nitrogen and oxygen atoms in total. The van der Waals surface area contributed by atoms with Gasteiger partial charge in [0.25, 0.3) is 21.6 Å². The molecule has 4 rings (SSSR count). The molecule has 1 heterocycles. The number of nitrogens with one attached hydrogen (secondary N) is 2. The standard InChI is InChI=1S/C31H34N4O7S2/c1-31(2,3)42-30(37)34-18-15-23(16-19-34)22-9-11-24(12-10-22)29(36)33-44(40,41)26-13-14-27(28(21-26)35(38)39)32-17-20-43-25-7-5-4-6-8-25/h4-15,21,32H,16-20H2,1-3H3,(H,33,36). The molecule has 0 spiro atoms. The van der Waals surface area contributed by atoms with Crippen LogP contribution in [0.5, 0.6) is 0 Å². The minimum absolute atomic E-state index is 0.104. The third-order valence-corrected chi connectivity index (χ3v) is 8.85. The van der Waals surface area contributed by atoms with Crippen molar-refractivity contribution < 1.29 is 27.7 Å². The molecule has 0 unspecified atom stereocenters. The Morgan fingerprint density at radius 2 is 1.75 bits per heavy atom. The van der Waals surface area contributed by atoms with Crippen LogP contribution in [-0.4, -0.2) is 61.2 Å². The largest absolute Gasteiger partial charge is 0.444 e. The summed E-state index contributed by atoms with van der Waals surface area (Å²) >= 11 is 1.58. The Hall–Kier alpha value is -4.36. The van der Waals surface area contributed by atoms with Gasteiger partial charge in [-0.15, -0.1) is 11.8 Å². The number of rotatable bonds is 10. The van der Waals surface area contributed by atoms with Crippen LogP contribution in [0.2, 0.25) is 0 Å². The number of benzene rings is 3. The molecule has 0 fully saturated rings. The molecule has 2 amide bonds. The zero-order chi connectivity index (χ0) is 31.9. The summed E-state index contributed by atoms with van der Waals surface area (Å²) in [4.78, 5) is 38.4. The summed E-state index contributed by atoms with van der Waals surface area (Å²) in [6.07, 6.45) is 2.13. The van der Waals surface area contributed by atoms with E-state index in [4.69, 9.17) is 4.74 Å². The molecule has 0 bridgehead atoms. The van der Waals surface area contributed by atoms with Crippen molar-refractivity contribution in [2.45, 2.75) is 42.6 Å². The normalized spacial score (nSPS) is 13.5. The molecule has 0 aliphatic carbocycles. The number of ether oxygens (including phenoxy) is 1. The van der Waals surface area contributed by atoms with Crippen LogP contribution in [0.25, 0.3) is 5.57 Å². The number of carbonyl (C=O) groups is 2. The SMILES string of the molecule is CC(C)(C)OC(=O)N1CC=C(c2ccc(C(=O)NS(=O)(=O)c3ccc(NCCSc4ccccc4)c([N+](=O)[O-])c3)cc2)CC1. The quantitative estimate of drug-likeness (QED) is 0.119. The van der Waals surface area contributed by atoms with Crippen LogP contribution in [0.4, 0.5) is 16.2 Å². The Balaban J connectivity index is 1.37. The summed E-state index contributed by atoms with van der Waals surface area (Å²) in [6, 6.07) is 19.6. The predicted molar refractivity (Wildman–Crippen MR) is 170 cm³/mol. The van der Waals surface area contributed by atoms with Crippen LogP contribution >= 0.6 is 11.8 Å². The molecule has 13 heteroatoms. The predicted octanol–water partition coefficient (Wildman–Crippen LogP) is 5.94. The van der Waals surface area contributed by atoms with Gasteiger partial charge < -0.3 is 15.0 Å². The van der Waals surface area contributed by atoms with E-state index in [1.165, 1.54) is 24.3 Å². The van der Waals surface area contributed by atoms with E-state index in [1.54, 1.807) is 28.8 Å². The van der Waals surface area contributed by atoms with Crippen molar-refractivity contribution in [3.8, 4) is 0 Å². The van der Waals surface area contributed by atoms with E-state index in [1.807, 2.05) is 61.9 Å². The van der Waals surface area contributed by atoms with E-state index in [2.05, 4.69) is 5.32 Å². The van der Waals surface area contributed by atoms with Crippen molar-refractivity contribution in [2.24, 2.45) is 0 Å². The second-order valence-corrected chi connectivity index (χ2v) is 13.8. The average molecular weight is 639 g/mol. The van der Waals surface area contributed by atoms with Gasteiger partial charge in [-0.2, -0.15) is 0 Å². The Kier molecular flexibility index (Phi) is 10.3. The molecule has 0 saturated heterocycles. The van der Waals surface area contributed by atoms with Crippen LogP contribution < -0.4 is 10.0 Å². The van der Waals surface area contributed by atoms with Gasteiger partial charge >= 0.3 is 6.09 Å². The van der Waals surface area contributed by atoms with Crippen molar-refractivity contribution in [2.75, 3.05) is 30.7 Å². The van der Waals surface area contributed by atoms with E-state index < -0.39 is 37.0 Å². The molecule has 1 aliphatic heterocycles. The van der Waals surface area contributed by atoms with E-state index in [0.717, 1.165) is 22.1 Å².